The van der Waals surface area contributed by atoms with Crippen LogP contribution in [0.2, 0.25) is 10.0 Å². The van der Waals surface area contributed by atoms with E-state index in [0.29, 0.717) is 22.8 Å². The van der Waals surface area contributed by atoms with Gasteiger partial charge in [-0.2, -0.15) is 0 Å². The Morgan fingerprint density at radius 2 is 1.92 bits per heavy atom. The van der Waals surface area contributed by atoms with E-state index >= 15 is 0 Å². The summed E-state index contributed by atoms with van der Waals surface area (Å²) >= 11 is 12.6. The molecule has 24 heavy (non-hydrogen) atoms. The van der Waals surface area contributed by atoms with Crippen LogP contribution in [0, 0.1) is 5.92 Å². The fourth-order valence-electron chi connectivity index (χ4n) is 4.19. The molecule has 0 unspecified atom stereocenters. The summed E-state index contributed by atoms with van der Waals surface area (Å²) < 4.78 is 0. The van der Waals surface area contributed by atoms with E-state index in [1.807, 2.05) is 12.1 Å². The smallest absolute Gasteiger partial charge is 0.0568 e. The zero-order valence-electron chi connectivity index (χ0n) is 13.9. The predicted molar refractivity (Wildman–Crippen MR) is 103 cm³/mol. The molecule has 0 bridgehead atoms. The zero-order valence-corrected chi connectivity index (χ0v) is 15.4. The molecule has 0 aromatic heterocycles. The van der Waals surface area contributed by atoms with Gasteiger partial charge in [-0.15, -0.1) is 0 Å². The standard InChI is InChI=1S/C21H21Cl2N/c1-12(2)14-5-3-7-16-15-6-4-8-17(15)21(24-20(14)16)18-10-9-13(22)11-19(18)23/h3-7,9-12,15,17,21,24H,8H2,1-2H3/t15-,17-,21+/m1/s1. The Labute approximate surface area is 153 Å². The lowest BCUT2D eigenvalue weighted by Gasteiger charge is -2.39. The second-order valence-electron chi connectivity index (χ2n) is 7.11. The third-order valence-corrected chi connectivity index (χ3v) is 5.91. The Morgan fingerprint density at radius 1 is 1.08 bits per heavy atom. The Kier molecular flexibility index (Phi) is 4.10. The van der Waals surface area contributed by atoms with Crippen molar-refractivity contribution in [2.75, 3.05) is 5.32 Å². The van der Waals surface area contributed by atoms with Gasteiger partial charge in [-0.3, -0.25) is 0 Å². The Morgan fingerprint density at radius 3 is 2.67 bits per heavy atom. The Hall–Kier alpha value is -1.44. The maximum Gasteiger partial charge on any atom is 0.0568 e. The van der Waals surface area contributed by atoms with Gasteiger partial charge in [-0.1, -0.05) is 73.5 Å². The quantitative estimate of drug-likeness (QED) is 0.573. The van der Waals surface area contributed by atoms with Crippen molar-refractivity contribution in [1.29, 1.82) is 0 Å². The number of nitrogens with one attached hydrogen (secondary N) is 1. The lowest BCUT2D eigenvalue weighted by molar-refractivity contribution is 0.424. The molecular weight excluding hydrogens is 337 g/mol. The van der Waals surface area contributed by atoms with Gasteiger partial charge in [0, 0.05) is 21.7 Å². The van der Waals surface area contributed by atoms with E-state index in [1.165, 1.54) is 16.8 Å². The van der Waals surface area contributed by atoms with E-state index in [-0.39, 0.29) is 6.04 Å². The average Bonchev–Trinajstić information content (AvgIpc) is 3.03. The second kappa shape index (κ2) is 6.13. The summed E-state index contributed by atoms with van der Waals surface area (Å²) in [5.41, 5.74) is 5.22. The minimum absolute atomic E-state index is 0.210. The molecule has 2 aromatic rings. The van der Waals surface area contributed by atoms with Crippen LogP contribution in [0.25, 0.3) is 0 Å². The summed E-state index contributed by atoms with van der Waals surface area (Å²) in [5, 5.41) is 5.26. The zero-order chi connectivity index (χ0) is 16.8. The minimum atomic E-state index is 0.210. The molecule has 1 aliphatic carbocycles. The molecule has 3 heteroatoms. The Balaban J connectivity index is 1.84. The van der Waals surface area contributed by atoms with Crippen molar-refractivity contribution < 1.29 is 0 Å². The van der Waals surface area contributed by atoms with Gasteiger partial charge in [0.15, 0.2) is 0 Å². The molecule has 0 spiro atoms. The van der Waals surface area contributed by atoms with E-state index in [1.54, 1.807) is 0 Å². The summed E-state index contributed by atoms with van der Waals surface area (Å²) in [6.07, 6.45) is 5.75. The van der Waals surface area contributed by atoms with Gasteiger partial charge in [-0.05, 0) is 47.1 Å². The van der Waals surface area contributed by atoms with Crippen molar-refractivity contribution in [3.8, 4) is 0 Å². The molecule has 0 radical (unpaired) electrons. The van der Waals surface area contributed by atoms with Gasteiger partial charge in [0.05, 0.1) is 6.04 Å². The van der Waals surface area contributed by atoms with Crippen LogP contribution in [0.15, 0.2) is 48.6 Å². The summed E-state index contributed by atoms with van der Waals surface area (Å²) in [5.74, 6) is 1.44. The first-order valence-corrected chi connectivity index (χ1v) is 9.33. The van der Waals surface area contributed by atoms with Crippen LogP contribution in [0.5, 0.6) is 0 Å². The van der Waals surface area contributed by atoms with E-state index < -0.39 is 0 Å². The van der Waals surface area contributed by atoms with Crippen LogP contribution >= 0.6 is 23.2 Å². The summed E-state index contributed by atoms with van der Waals surface area (Å²) in [4.78, 5) is 0. The predicted octanol–water partition coefficient (Wildman–Crippen LogP) is 6.94. The summed E-state index contributed by atoms with van der Waals surface area (Å²) in [6.45, 7) is 4.50. The molecule has 124 valence electrons. The number of anilines is 1. The number of hydrogen-bond acceptors (Lipinski definition) is 1. The third-order valence-electron chi connectivity index (χ3n) is 5.35. The van der Waals surface area contributed by atoms with Crippen LogP contribution in [0.3, 0.4) is 0 Å². The van der Waals surface area contributed by atoms with E-state index in [4.69, 9.17) is 23.2 Å². The number of fused-ring (bicyclic) bond motifs is 3. The summed E-state index contributed by atoms with van der Waals surface area (Å²) in [7, 11) is 0. The molecule has 2 aliphatic rings. The number of para-hydroxylation sites is 1. The van der Waals surface area contributed by atoms with Crippen LogP contribution in [0.1, 0.15) is 54.8 Å². The highest BCUT2D eigenvalue weighted by atomic mass is 35.5. The third kappa shape index (κ3) is 2.55. The monoisotopic (exact) mass is 357 g/mol. The first-order valence-electron chi connectivity index (χ1n) is 8.57. The van der Waals surface area contributed by atoms with Crippen molar-refractivity contribution >= 4 is 28.9 Å². The lowest BCUT2D eigenvalue weighted by atomic mass is 9.75. The molecule has 4 rings (SSSR count). The number of allylic oxidation sites excluding steroid dienone is 2. The molecule has 0 amide bonds. The molecule has 0 fully saturated rings. The van der Waals surface area contributed by atoms with Gasteiger partial charge >= 0.3 is 0 Å². The highest BCUT2D eigenvalue weighted by Gasteiger charge is 2.39. The molecule has 1 aliphatic heterocycles. The van der Waals surface area contributed by atoms with Crippen LogP contribution in [-0.4, -0.2) is 0 Å². The fourth-order valence-corrected chi connectivity index (χ4v) is 4.71. The lowest BCUT2D eigenvalue weighted by Crippen LogP contribution is -2.30. The number of rotatable bonds is 2. The van der Waals surface area contributed by atoms with Crippen molar-refractivity contribution in [1.82, 2.24) is 0 Å². The van der Waals surface area contributed by atoms with Gasteiger partial charge in [-0.25, -0.2) is 0 Å². The number of benzene rings is 2. The maximum atomic E-state index is 6.54. The largest absolute Gasteiger partial charge is 0.377 e. The SMILES string of the molecule is CC(C)c1cccc2c1N[C@H](c1ccc(Cl)cc1Cl)[C@@H]1CC=C[C@H]21. The van der Waals surface area contributed by atoms with Gasteiger partial charge in [0.25, 0.3) is 0 Å². The molecular formula is C21H21Cl2N. The van der Waals surface area contributed by atoms with Gasteiger partial charge < -0.3 is 5.32 Å². The second-order valence-corrected chi connectivity index (χ2v) is 7.95. The van der Waals surface area contributed by atoms with Gasteiger partial charge in [0.1, 0.15) is 0 Å². The van der Waals surface area contributed by atoms with E-state index in [0.717, 1.165) is 17.0 Å². The Bertz CT molecular complexity index is 809. The molecule has 1 heterocycles. The summed E-state index contributed by atoms with van der Waals surface area (Å²) in [6, 6.07) is 12.8. The normalized spacial score (nSPS) is 24.6. The van der Waals surface area contributed by atoms with Crippen molar-refractivity contribution in [3.63, 3.8) is 0 Å². The topological polar surface area (TPSA) is 12.0 Å². The minimum Gasteiger partial charge on any atom is -0.377 e. The van der Waals surface area contributed by atoms with Crippen molar-refractivity contribution in [2.24, 2.45) is 5.92 Å². The number of halogens is 2. The van der Waals surface area contributed by atoms with E-state index in [9.17, 15) is 0 Å². The highest BCUT2D eigenvalue weighted by Crippen LogP contribution is 2.52. The van der Waals surface area contributed by atoms with Crippen molar-refractivity contribution in [2.45, 2.75) is 38.1 Å². The van der Waals surface area contributed by atoms with Crippen LogP contribution < -0.4 is 5.32 Å². The van der Waals surface area contributed by atoms with Gasteiger partial charge in [0.2, 0.25) is 0 Å². The van der Waals surface area contributed by atoms with Crippen molar-refractivity contribution in [3.05, 3.63) is 75.3 Å². The average molecular weight is 358 g/mol. The highest BCUT2D eigenvalue weighted by molar-refractivity contribution is 6.35. The number of hydrogen-bond donors (Lipinski definition) is 1. The first-order chi connectivity index (χ1) is 11.6. The fraction of sp³-hybridized carbons (Fsp3) is 0.333. The molecule has 1 N–H and O–H groups in total. The molecule has 3 atom stereocenters. The first kappa shape index (κ1) is 16.1. The van der Waals surface area contributed by atoms with E-state index in [2.05, 4.69) is 55.6 Å². The maximum absolute atomic E-state index is 6.54. The molecule has 1 nitrogen and oxygen atoms in total. The van der Waals surface area contributed by atoms with Crippen LogP contribution in [-0.2, 0) is 0 Å². The van der Waals surface area contributed by atoms with Crippen LogP contribution in [0.4, 0.5) is 5.69 Å². The molecule has 2 aromatic carbocycles. The molecule has 0 saturated heterocycles. The molecule has 0 saturated carbocycles.